The first-order chi connectivity index (χ1) is 12.5. The van der Waals surface area contributed by atoms with E-state index in [1.54, 1.807) is 5.01 Å². The number of nitrogens with one attached hydrogen (secondary N) is 2. The van der Waals surface area contributed by atoms with Crippen molar-refractivity contribution in [3.63, 3.8) is 0 Å². The van der Waals surface area contributed by atoms with Gasteiger partial charge in [-0.05, 0) is 38.4 Å². The third-order valence-corrected chi connectivity index (χ3v) is 4.96. The highest BCUT2D eigenvalue weighted by Crippen LogP contribution is 2.19. The Hall–Kier alpha value is -2.16. The molecule has 26 heavy (non-hydrogen) atoms. The first kappa shape index (κ1) is 18.6. The van der Waals surface area contributed by atoms with Gasteiger partial charge in [0.1, 0.15) is 0 Å². The second-order valence-corrected chi connectivity index (χ2v) is 7.02. The van der Waals surface area contributed by atoms with Crippen LogP contribution in [0.5, 0.6) is 0 Å². The molecule has 0 aromatic heterocycles. The van der Waals surface area contributed by atoms with Gasteiger partial charge in [-0.3, -0.25) is 15.0 Å². The number of nitrogens with zero attached hydrogens (tertiary/aromatic N) is 4. The Morgan fingerprint density at radius 3 is 1.88 bits per heavy atom. The number of rotatable bonds is 3. The fourth-order valence-corrected chi connectivity index (χ4v) is 3.12. The molecule has 2 saturated heterocycles. The van der Waals surface area contributed by atoms with Gasteiger partial charge in [-0.1, -0.05) is 0 Å². The normalized spacial score (nSPS) is 20.0. The number of amides is 2. The van der Waals surface area contributed by atoms with Gasteiger partial charge in [0.15, 0.2) is 0 Å². The molecule has 2 amide bonds. The summed E-state index contributed by atoms with van der Waals surface area (Å²) in [5, 5.41) is 4.45. The van der Waals surface area contributed by atoms with E-state index in [2.05, 4.69) is 32.5 Å². The number of hydrogen-bond acceptors (Lipinski definition) is 6. The predicted molar refractivity (Wildman–Crippen MR) is 102 cm³/mol. The predicted octanol–water partition coefficient (Wildman–Crippen LogP) is -0.344. The molecular weight excluding hydrogens is 332 g/mol. The minimum Gasteiger partial charge on any atom is -0.369 e. The van der Waals surface area contributed by atoms with Crippen molar-refractivity contribution in [3.8, 4) is 0 Å². The third kappa shape index (κ3) is 4.94. The summed E-state index contributed by atoms with van der Waals surface area (Å²) in [4.78, 5) is 31.0. The van der Waals surface area contributed by atoms with Crippen LogP contribution in [0.25, 0.3) is 0 Å². The highest BCUT2D eigenvalue weighted by atomic mass is 16.2. The Morgan fingerprint density at radius 2 is 1.31 bits per heavy atom. The number of benzene rings is 1. The van der Waals surface area contributed by atoms with Crippen molar-refractivity contribution >= 4 is 23.2 Å². The molecule has 2 aliphatic heterocycles. The maximum atomic E-state index is 12.1. The molecule has 0 saturated carbocycles. The fraction of sp³-hybridized carbons (Fsp3) is 0.556. The molecule has 0 radical (unpaired) electrons. The van der Waals surface area contributed by atoms with E-state index >= 15 is 0 Å². The van der Waals surface area contributed by atoms with Gasteiger partial charge in [-0.25, -0.2) is 5.01 Å². The van der Waals surface area contributed by atoms with Gasteiger partial charge in [0.25, 0.3) is 0 Å². The highest BCUT2D eigenvalue weighted by Gasteiger charge is 2.20. The van der Waals surface area contributed by atoms with Crippen molar-refractivity contribution in [1.82, 2.24) is 20.2 Å². The summed E-state index contributed by atoms with van der Waals surface area (Å²) >= 11 is 0. The first-order valence-corrected chi connectivity index (χ1v) is 9.10. The van der Waals surface area contributed by atoms with E-state index in [9.17, 15) is 9.59 Å². The molecule has 142 valence electrons. The highest BCUT2D eigenvalue weighted by molar-refractivity contribution is 6.39. The molecule has 2 aliphatic rings. The van der Waals surface area contributed by atoms with Crippen molar-refractivity contribution < 1.29 is 9.59 Å². The standard InChI is InChI=1S/C18H28N6O2/c1-21-7-11-23(12-8-21)16-5-3-15(4-6-16)19-17(25)18(26)20-24-13-9-22(2)10-14-24/h3-6H,7-14H2,1-2H3,(H,19,25)(H,20,26). The Bertz CT molecular complexity index is 619. The monoisotopic (exact) mass is 360 g/mol. The van der Waals surface area contributed by atoms with Crippen LogP contribution in [-0.4, -0.2) is 93.1 Å². The molecule has 2 heterocycles. The fourth-order valence-electron chi connectivity index (χ4n) is 3.12. The van der Waals surface area contributed by atoms with Crippen LogP contribution in [0.15, 0.2) is 24.3 Å². The van der Waals surface area contributed by atoms with Crippen molar-refractivity contribution in [2.75, 3.05) is 76.7 Å². The minimum atomic E-state index is -0.642. The average Bonchev–Trinajstić information content (AvgIpc) is 2.65. The lowest BCUT2D eigenvalue weighted by molar-refractivity contribution is -0.139. The van der Waals surface area contributed by atoms with Gasteiger partial charge in [0, 0.05) is 63.7 Å². The molecule has 8 nitrogen and oxygen atoms in total. The summed E-state index contributed by atoms with van der Waals surface area (Å²) in [5.74, 6) is -1.27. The molecule has 0 spiro atoms. The van der Waals surface area contributed by atoms with Gasteiger partial charge in [-0.15, -0.1) is 0 Å². The lowest BCUT2D eigenvalue weighted by Crippen LogP contribution is -2.54. The molecule has 2 fully saturated rings. The second kappa shape index (κ2) is 8.48. The number of carbonyl (C=O) groups excluding carboxylic acids is 2. The van der Waals surface area contributed by atoms with E-state index in [0.717, 1.165) is 58.0 Å². The maximum Gasteiger partial charge on any atom is 0.323 e. The SMILES string of the molecule is CN1CCN(NC(=O)C(=O)Nc2ccc(N3CCN(C)CC3)cc2)CC1. The van der Waals surface area contributed by atoms with Crippen LogP contribution >= 0.6 is 0 Å². The number of hydrogen-bond donors (Lipinski definition) is 2. The van der Waals surface area contributed by atoms with E-state index in [1.807, 2.05) is 31.3 Å². The topological polar surface area (TPSA) is 71.2 Å². The Balaban J connectivity index is 1.48. The largest absolute Gasteiger partial charge is 0.369 e. The smallest absolute Gasteiger partial charge is 0.323 e. The van der Waals surface area contributed by atoms with Crippen molar-refractivity contribution in [2.45, 2.75) is 0 Å². The van der Waals surface area contributed by atoms with Crippen LogP contribution < -0.4 is 15.6 Å². The number of piperazine rings is 2. The van der Waals surface area contributed by atoms with Crippen molar-refractivity contribution in [1.29, 1.82) is 0 Å². The zero-order chi connectivity index (χ0) is 18.5. The molecule has 1 aromatic rings. The van der Waals surface area contributed by atoms with Crippen molar-refractivity contribution in [3.05, 3.63) is 24.3 Å². The van der Waals surface area contributed by atoms with E-state index < -0.39 is 11.8 Å². The lowest BCUT2D eigenvalue weighted by Gasteiger charge is -2.34. The van der Waals surface area contributed by atoms with E-state index in [1.165, 1.54) is 0 Å². The maximum absolute atomic E-state index is 12.1. The zero-order valence-corrected chi connectivity index (χ0v) is 15.6. The number of anilines is 2. The Kier molecular flexibility index (Phi) is 6.08. The van der Waals surface area contributed by atoms with Crippen LogP contribution in [0.1, 0.15) is 0 Å². The van der Waals surface area contributed by atoms with E-state index in [4.69, 9.17) is 0 Å². The van der Waals surface area contributed by atoms with Gasteiger partial charge in [-0.2, -0.15) is 0 Å². The first-order valence-electron chi connectivity index (χ1n) is 9.10. The number of hydrazine groups is 1. The lowest BCUT2D eigenvalue weighted by atomic mass is 10.2. The summed E-state index contributed by atoms with van der Waals surface area (Å²) in [6.45, 7) is 7.26. The summed E-state index contributed by atoms with van der Waals surface area (Å²) in [6.07, 6.45) is 0. The second-order valence-electron chi connectivity index (χ2n) is 7.02. The summed E-state index contributed by atoms with van der Waals surface area (Å²) in [7, 11) is 4.17. The average molecular weight is 360 g/mol. The molecular formula is C18H28N6O2. The molecule has 1 aromatic carbocycles. The van der Waals surface area contributed by atoms with E-state index in [0.29, 0.717) is 5.69 Å². The summed E-state index contributed by atoms with van der Waals surface area (Å²) < 4.78 is 0. The van der Waals surface area contributed by atoms with Gasteiger partial charge < -0.3 is 20.0 Å². The minimum absolute atomic E-state index is 0.626. The third-order valence-electron chi connectivity index (χ3n) is 4.96. The van der Waals surface area contributed by atoms with Crippen LogP contribution in [0.3, 0.4) is 0 Å². The quantitative estimate of drug-likeness (QED) is 0.719. The molecule has 8 heteroatoms. The summed E-state index contributed by atoms with van der Waals surface area (Å²) in [6, 6.07) is 7.65. The van der Waals surface area contributed by atoms with Crippen LogP contribution in [0.2, 0.25) is 0 Å². The molecule has 0 unspecified atom stereocenters. The van der Waals surface area contributed by atoms with Crippen LogP contribution in [-0.2, 0) is 9.59 Å². The van der Waals surface area contributed by atoms with Crippen molar-refractivity contribution in [2.24, 2.45) is 0 Å². The van der Waals surface area contributed by atoms with E-state index in [-0.39, 0.29) is 0 Å². The Labute approximate surface area is 154 Å². The number of likely N-dealkylation sites (N-methyl/N-ethyl adjacent to an activating group) is 2. The molecule has 0 atom stereocenters. The summed E-state index contributed by atoms with van der Waals surface area (Å²) in [5.41, 5.74) is 4.43. The molecule has 2 N–H and O–H groups in total. The van der Waals surface area contributed by atoms with Gasteiger partial charge >= 0.3 is 11.8 Å². The Morgan fingerprint density at radius 1 is 0.769 bits per heavy atom. The van der Waals surface area contributed by atoms with Crippen LogP contribution in [0.4, 0.5) is 11.4 Å². The van der Waals surface area contributed by atoms with Crippen LogP contribution in [0, 0.1) is 0 Å². The number of carbonyl (C=O) groups is 2. The van der Waals surface area contributed by atoms with Gasteiger partial charge in [0.2, 0.25) is 0 Å². The molecule has 3 rings (SSSR count). The van der Waals surface area contributed by atoms with Gasteiger partial charge in [0.05, 0.1) is 0 Å². The molecule has 0 bridgehead atoms. The zero-order valence-electron chi connectivity index (χ0n) is 15.6. The molecule has 0 aliphatic carbocycles.